The second-order valence-electron chi connectivity index (χ2n) is 4.42. The van der Waals surface area contributed by atoms with Crippen LogP contribution in [0.2, 0.25) is 0 Å². The molecule has 18 heavy (non-hydrogen) atoms. The highest BCUT2D eigenvalue weighted by Crippen LogP contribution is 2.29. The number of fused-ring (bicyclic) bond motifs is 1. The highest BCUT2D eigenvalue weighted by Gasteiger charge is 2.07. The Balaban J connectivity index is 1.97. The maximum atomic E-state index is 4.57. The zero-order valence-electron chi connectivity index (χ0n) is 10.6. The van der Waals surface area contributed by atoms with Crippen LogP contribution in [0.4, 0.5) is 10.8 Å². The van der Waals surface area contributed by atoms with E-state index in [-0.39, 0.29) is 0 Å². The molecule has 0 bridgehead atoms. The molecular weight excluding hydrogens is 244 g/mol. The topological polar surface area (TPSA) is 42.7 Å². The monoisotopic (exact) mass is 258 g/mol. The van der Waals surface area contributed by atoms with Crippen LogP contribution in [0.15, 0.2) is 24.4 Å². The summed E-state index contributed by atoms with van der Waals surface area (Å²) in [5.74, 6) is 0. The standard InChI is InChI=1S/C13H14N4S/c1-8-4-5-10-12(6-8)18-13(14-10)15-11-7-17(3)16-9(11)2/h4-7H,1-3H3,(H,14,15). The number of hydrogen-bond acceptors (Lipinski definition) is 4. The molecule has 2 aromatic heterocycles. The van der Waals surface area contributed by atoms with Gasteiger partial charge in [0.15, 0.2) is 5.13 Å². The Labute approximate surface area is 109 Å². The van der Waals surface area contributed by atoms with E-state index in [4.69, 9.17) is 0 Å². The summed E-state index contributed by atoms with van der Waals surface area (Å²) < 4.78 is 3.01. The molecule has 92 valence electrons. The van der Waals surface area contributed by atoms with Gasteiger partial charge in [-0.25, -0.2) is 4.98 Å². The number of hydrogen-bond donors (Lipinski definition) is 1. The molecule has 0 radical (unpaired) electrons. The summed E-state index contributed by atoms with van der Waals surface area (Å²) in [6.07, 6.45) is 1.96. The predicted molar refractivity (Wildman–Crippen MR) is 75.6 cm³/mol. The summed E-state index contributed by atoms with van der Waals surface area (Å²) >= 11 is 1.66. The maximum Gasteiger partial charge on any atom is 0.188 e. The lowest BCUT2D eigenvalue weighted by Gasteiger charge is -1.97. The van der Waals surface area contributed by atoms with Crippen LogP contribution in [0.3, 0.4) is 0 Å². The number of benzene rings is 1. The Bertz CT molecular complexity index is 711. The third-order valence-corrected chi connectivity index (χ3v) is 3.73. The van der Waals surface area contributed by atoms with E-state index in [2.05, 4.69) is 40.5 Å². The molecule has 1 N–H and O–H groups in total. The minimum atomic E-state index is 0.909. The van der Waals surface area contributed by atoms with Gasteiger partial charge in [-0.3, -0.25) is 4.68 Å². The summed E-state index contributed by atoms with van der Waals surface area (Å²) in [4.78, 5) is 4.57. The molecule has 0 saturated heterocycles. The molecule has 2 heterocycles. The molecule has 0 unspecified atom stereocenters. The molecule has 0 spiro atoms. The summed E-state index contributed by atoms with van der Waals surface area (Å²) in [6, 6.07) is 6.30. The molecule has 3 rings (SSSR count). The summed E-state index contributed by atoms with van der Waals surface area (Å²) in [5, 5.41) is 8.54. The Morgan fingerprint density at radius 3 is 2.83 bits per heavy atom. The molecule has 0 saturated carbocycles. The van der Waals surface area contributed by atoms with Gasteiger partial charge in [-0.05, 0) is 31.5 Å². The van der Waals surface area contributed by atoms with Crippen LogP contribution in [0, 0.1) is 13.8 Å². The third kappa shape index (κ3) is 1.97. The molecule has 0 amide bonds. The maximum absolute atomic E-state index is 4.57. The number of nitrogens with zero attached hydrogens (tertiary/aromatic N) is 3. The molecule has 0 fully saturated rings. The van der Waals surface area contributed by atoms with Crippen molar-refractivity contribution in [1.29, 1.82) is 0 Å². The van der Waals surface area contributed by atoms with E-state index in [0.717, 1.165) is 22.0 Å². The van der Waals surface area contributed by atoms with Crippen molar-refractivity contribution in [2.45, 2.75) is 13.8 Å². The summed E-state index contributed by atoms with van der Waals surface area (Å²) in [7, 11) is 1.92. The Morgan fingerprint density at radius 1 is 1.28 bits per heavy atom. The fraction of sp³-hybridized carbons (Fsp3) is 0.231. The van der Waals surface area contributed by atoms with Gasteiger partial charge in [0, 0.05) is 13.2 Å². The van der Waals surface area contributed by atoms with Gasteiger partial charge in [-0.15, -0.1) is 0 Å². The zero-order chi connectivity index (χ0) is 12.7. The van der Waals surface area contributed by atoms with Gasteiger partial charge in [0.1, 0.15) is 0 Å². The number of anilines is 2. The Kier molecular flexibility index (Phi) is 2.56. The molecular formula is C13H14N4S. The number of thiazole rings is 1. The van der Waals surface area contributed by atoms with Crippen molar-refractivity contribution in [3.05, 3.63) is 35.7 Å². The van der Waals surface area contributed by atoms with Crippen molar-refractivity contribution in [3.63, 3.8) is 0 Å². The van der Waals surface area contributed by atoms with Crippen LogP contribution >= 0.6 is 11.3 Å². The summed E-state index contributed by atoms with van der Waals surface area (Å²) in [5.41, 5.74) is 4.28. The minimum Gasteiger partial charge on any atom is -0.329 e. The lowest BCUT2D eigenvalue weighted by atomic mass is 10.2. The third-order valence-electron chi connectivity index (χ3n) is 2.80. The molecule has 4 nitrogen and oxygen atoms in total. The normalized spacial score (nSPS) is 11.1. The van der Waals surface area contributed by atoms with E-state index in [9.17, 15) is 0 Å². The molecule has 5 heteroatoms. The molecule has 0 aliphatic carbocycles. The first kappa shape index (κ1) is 11.2. The van der Waals surface area contributed by atoms with Crippen molar-refractivity contribution < 1.29 is 0 Å². The molecule has 0 aliphatic rings. The average molecular weight is 258 g/mol. The SMILES string of the molecule is Cc1ccc2nc(Nc3cn(C)nc3C)sc2c1. The lowest BCUT2D eigenvalue weighted by molar-refractivity contribution is 0.756. The first-order valence-corrected chi connectivity index (χ1v) is 6.58. The van der Waals surface area contributed by atoms with Gasteiger partial charge < -0.3 is 5.32 Å². The lowest BCUT2D eigenvalue weighted by Crippen LogP contribution is -1.89. The van der Waals surface area contributed by atoms with Gasteiger partial charge in [0.05, 0.1) is 21.6 Å². The van der Waals surface area contributed by atoms with Crippen molar-refractivity contribution in [3.8, 4) is 0 Å². The number of aryl methyl sites for hydroxylation is 3. The second kappa shape index (κ2) is 4.10. The Morgan fingerprint density at radius 2 is 2.11 bits per heavy atom. The summed E-state index contributed by atoms with van der Waals surface area (Å²) in [6.45, 7) is 4.08. The second-order valence-corrected chi connectivity index (χ2v) is 5.45. The van der Waals surface area contributed by atoms with E-state index in [0.29, 0.717) is 0 Å². The van der Waals surface area contributed by atoms with Gasteiger partial charge in [0.25, 0.3) is 0 Å². The minimum absolute atomic E-state index is 0.909. The van der Waals surface area contributed by atoms with E-state index in [1.165, 1.54) is 10.3 Å². The Hall–Kier alpha value is -1.88. The van der Waals surface area contributed by atoms with Crippen LogP contribution in [0.1, 0.15) is 11.3 Å². The molecule has 1 aromatic carbocycles. The van der Waals surface area contributed by atoms with Gasteiger partial charge in [-0.2, -0.15) is 5.10 Å². The van der Waals surface area contributed by atoms with Crippen LogP contribution in [0.25, 0.3) is 10.2 Å². The first-order valence-electron chi connectivity index (χ1n) is 5.76. The van der Waals surface area contributed by atoms with E-state index < -0.39 is 0 Å². The fourth-order valence-electron chi connectivity index (χ4n) is 1.92. The van der Waals surface area contributed by atoms with Crippen molar-refractivity contribution in [1.82, 2.24) is 14.8 Å². The average Bonchev–Trinajstić information content (AvgIpc) is 2.82. The molecule has 0 atom stereocenters. The van der Waals surface area contributed by atoms with E-state index in [1.54, 1.807) is 16.0 Å². The van der Waals surface area contributed by atoms with Crippen LogP contribution in [-0.2, 0) is 7.05 Å². The first-order chi connectivity index (χ1) is 8.61. The smallest absolute Gasteiger partial charge is 0.188 e. The van der Waals surface area contributed by atoms with Gasteiger partial charge >= 0.3 is 0 Å². The van der Waals surface area contributed by atoms with Crippen molar-refractivity contribution in [2.75, 3.05) is 5.32 Å². The molecule has 0 aliphatic heterocycles. The predicted octanol–water partition coefficient (Wildman–Crippen LogP) is 3.39. The van der Waals surface area contributed by atoms with Crippen LogP contribution < -0.4 is 5.32 Å². The van der Waals surface area contributed by atoms with E-state index in [1.807, 2.05) is 20.2 Å². The van der Waals surface area contributed by atoms with Crippen LogP contribution in [-0.4, -0.2) is 14.8 Å². The van der Waals surface area contributed by atoms with Gasteiger partial charge in [-0.1, -0.05) is 17.4 Å². The van der Waals surface area contributed by atoms with Crippen molar-refractivity contribution >= 4 is 32.4 Å². The quantitative estimate of drug-likeness (QED) is 0.766. The van der Waals surface area contributed by atoms with Crippen LogP contribution in [0.5, 0.6) is 0 Å². The highest BCUT2D eigenvalue weighted by molar-refractivity contribution is 7.22. The number of nitrogens with one attached hydrogen (secondary N) is 1. The highest BCUT2D eigenvalue weighted by atomic mass is 32.1. The van der Waals surface area contributed by atoms with Gasteiger partial charge in [0.2, 0.25) is 0 Å². The van der Waals surface area contributed by atoms with E-state index >= 15 is 0 Å². The molecule has 3 aromatic rings. The largest absolute Gasteiger partial charge is 0.329 e. The van der Waals surface area contributed by atoms with Crippen molar-refractivity contribution in [2.24, 2.45) is 7.05 Å². The number of rotatable bonds is 2. The zero-order valence-corrected chi connectivity index (χ0v) is 11.4. The number of aromatic nitrogens is 3. The fourth-order valence-corrected chi connectivity index (χ4v) is 2.90.